The van der Waals surface area contributed by atoms with Gasteiger partial charge in [-0.1, -0.05) is 17.7 Å². The molecule has 0 radical (unpaired) electrons. The second-order valence-electron chi connectivity index (χ2n) is 6.28. The molecule has 0 spiro atoms. The van der Waals surface area contributed by atoms with Crippen LogP contribution in [-0.4, -0.2) is 54.0 Å². The van der Waals surface area contributed by atoms with E-state index in [1.54, 1.807) is 11.8 Å². The molecule has 2 saturated heterocycles. The van der Waals surface area contributed by atoms with E-state index in [-0.39, 0.29) is 17.9 Å². The molecule has 1 aromatic rings. The molecule has 2 N–H and O–H groups in total. The quantitative estimate of drug-likeness (QED) is 0.870. The molecule has 2 fully saturated rings. The maximum absolute atomic E-state index is 12.3. The van der Waals surface area contributed by atoms with E-state index in [0.29, 0.717) is 18.0 Å². The SMILES string of the molecule is Cc1ccc(C(=O)NCC2CNC(C(=O)N3CCSC3)C2)cc1. The Bertz CT molecular complexity index is 570. The number of nitrogens with zero attached hydrogens (tertiary/aromatic N) is 1. The van der Waals surface area contributed by atoms with E-state index in [1.165, 1.54) is 0 Å². The predicted molar refractivity (Wildman–Crippen MR) is 92.4 cm³/mol. The van der Waals surface area contributed by atoms with Crippen LogP contribution in [0.5, 0.6) is 0 Å². The Labute approximate surface area is 141 Å². The molecule has 2 atom stereocenters. The van der Waals surface area contributed by atoms with Crippen LogP contribution in [0, 0.1) is 12.8 Å². The van der Waals surface area contributed by atoms with Crippen molar-refractivity contribution in [1.29, 1.82) is 0 Å². The predicted octanol–water partition coefficient (Wildman–Crippen LogP) is 1.24. The Kier molecular flexibility index (Phi) is 5.23. The van der Waals surface area contributed by atoms with Crippen molar-refractivity contribution in [1.82, 2.24) is 15.5 Å². The maximum atomic E-state index is 12.3. The highest BCUT2D eigenvalue weighted by molar-refractivity contribution is 7.99. The summed E-state index contributed by atoms with van der Waals surface area (Å²) in [6.45, 7) is 4.25. The van der Waals surface area contributed by atoms with Gasteiger partial charge < -0.3 is 15.5 Å². The monoisotopic (exact) mass is 333 g/mol. The number of rotatable bonds is 4. The summed E-state index contributed by atoms with van der Waals surface area (Å²) in [6.07, 6.45) is 0.800. The van der Waals surface area contributed by atoms with Gasteiger partial charge in [0.1, 0.15) is 0 Å². The summed E-state index contributed by atoms with van der Waals surface area (Å²) < 4.78 is 0. The van der Waals surface area contributed by atoms with Crippen LogP contribution in [-0.2, 0) is 4.79 Å². The first kappa shape index (κ1) is 16.3. The van der Waals surface area contributed by atoms with E-state index in [0.717, 1.165) is 36.7 Å². The zero-order chi connectivity index (χ0) is 16.2. The van der Waals surface area contributed by atoms with Gasteiger partial charge in [-0.25, -0.2) is 0 Å². The van der Waals surface area contributed by atoms with Gasteiger partial charge in [-0.15, -0.1) is 11.8 Å². The Morgan fingerprint density at radius 1 is 1.35 bits per heavy atom. The van der Waals surface area contributed by atoms with Gasteiger partial charge in [0, 0.05) is 31.0 Å². The fourth-order valence-electron chi connectivity index (χ4n) is 3.00. The minimum Gasteiger partial charge on any atom is -0.352 e. The lowest BCUT2D eigenvalue weighted by molar-refractivity contribution is -0.131. The molecule has 0 aromatic heterocycles. The van der Waals surface area contributed by atoms with E-state index >= 15 is 0 Å². The van der Waals surface area contributed by atoms with Gasteiger partial charge in [0.2, 0.25) is 5.91 Å². The third kappa shape index (κ3) is 4.06. The number of thioether (sulfide) groups is 1. The minimum atomic E-state index is -0.0880. The van der Waals surface area contributed by atoms with E-state index in [2.05, 4.69) is 10.6 Å². The summed E-state index contributed by atoms with van der Waals surface area (Å²) in [5.74, 6) is 2.33. The molecule has 2 aliphatic rings. The molecule has 3 rings (SSSR count). The lowest BCUT2D eigenvalue weighted by atomic mass is 10.0. The highest BCUT2D eigenvalue weighted by Crippen LogP contribution is 2.20. The van der Waals surface area contributed by atoms with Crippen molar-refractivity contribution in [3.8, 4) is 0 Å². The van der Waals surface area contributed by atoms with Gasteiger partial charge >= 0.3 is 0 Å². The van der Waals surface area contributed by atoms with Gasteiger partial charge in [-0.2, -0.15) is 0 Å². The number of amides is 2. The van der Waals surface area contributed by atoms with Crippen molar-refractivity contribution in [2.75, 3.05) is 31.3 Å². The second-order valence-corrected chi connectivity index (χ2v) is 7.35. The molecule has 0 aliphatic carbocycles. The lowest BCUT2D eigenvalue weighted by Crippen LogP contribution is -2.42. The number of carbonyl (C=O) groups is 2. The zero-order valence-corrected chi connectivity index (χ0v) is 14.2. The molecule has 0 saturated carbocycles. The molecule has 2 amide bonds. The molecule has 2 unspecified atom stereocenters. The van der Waals surface area contributed by atoms with Crippen LogP contribution in [0.1, 0.15) is 22.3 Å². The molecule has 1 aromatic carbocycles. The number of aryl methyl sites for hydroxylation is 1. The summed E-state index contributed by atoms with van der Waals surface area (Å²) in [7, 11) is 0. The topological polar surface area (TPSA) is 61.4 Å². The summed E-state index contributed by atoms with van der Waals surface area (Å²) in [4.78, 5) is 26.4. The first-order valence-electron chi connectivity index (χ1n) is 8.08. The fraction of sp³-hybridized carbons (Fsp3) is 0.529. The van der Waals surface area contributed by atoms with Gasteiger partial charge in [-0.3, -0.25) is 9.59 Å². The van der Waals surface area contributed by atoms with Crippen molar-refractivity contribution < 1.29 is 9.59 Å². The number of nitrogens with one attached hydrogen (secondary N) is 2. The van der Waals surface area contributed by atoms with Crippen molar-refractivity contribution >= 4 is 23.6 Å². The van der Waals surface area contributed by atoms with Crippen molar-refractivity contribution in [2.45, 2.75) is 19.4 Å². The fourth-order valence-corrected chi connectivity index (χ4v) is 3.96. The maximum Gasteiger partial charge on any atom is 0.251 e. The molecule has 5 nitrogen and oxygen atoms in total. The van der Waals surface area contributed by atoms with E-state index < -0.39 is 0 Å². The third-order valence-electron chi connectivity index (χ3n) is 4.45. The average Bonchev–Trinajstić information content (AvgIpc) is 3.24. The van der Waals surface area contributed by atoms with E-state index in [9.17, 15) is 9.59 Å². The van der Waals surface area contributed by atoms with Crippen molar-refractivity contribution in [3.63, 3.8) is 0 Å². The molecule has 23 heavy (non-hydrogen) atoms. The summed E-state index contributed by atoms with van der Waals surface area (Å²) >= 11 is 1.80. The van der Waals surface area contributed by atoms with Crippen LogP contribution in [0.15, 0.2) is 24.3 Å². The smallest absolute Gasteiger partial charge is 0.251 e. The van der Waals surface area contributed by atoms with Crippen LogP contribution in [0.4, 0.5) is 0 Å². The highest BCUT2D eigenvalue weighted by atomic mass is 32.2. The summed E-state index contributed by atoms with van der Waals surface area (Å²) in [5.41, 5.74) is 1.83. The zero-order valence-electron chi connectivity index (χ0n) is 13.4. The molecule has 124 valence electrons. The summed E-state index contributed by atoms with van der Waals surface area (Å²) in [6, 6.07) is 7.47. The van der Waals surface area contributed by atoms with Gasteiger partial charge in [0.25, 0.3) is 5.91 Å². The van der Waals surface area contributed by atoms with E-state index in [1.807, 2.05) is 36.1 Å². The highest BCUT2D eigenvalue weighted by Gasteiger charge is 2.33. The van der Waals surface area contributed by atoms with Crippen molar-refractivity contribution in [2.24, 2.45) is 5.92 Å². The lowest BCUT2D eigenvalue weighted by Gasteiger charge is -2.19. The van der Waals surface area contributed by atoms with Gasteiger partial charge in [0.05, 0.1) is 11.9 Å². The van der Waals surface area contributed by atoms with Crippen LogP contribution in [0.3, 0.4) is 0 Å². The number of benzene rings is 1. The second kappa shape index (κ2) is 7.36. The van der Waals surface area contributed by atoms with Gasteiger partial charge in [0.15, 0.2) is 0 Å². The van der Waals surface area contributed by atoms with Crippen LogP contribution >= 0.6 is 11.8 Å². The minimum absolute atomic E-state index is 0.0456. The Balaban J connectivity index is 1.45. The Hall–Kier alpha value is -1.53. The molecule has 2 aliphatic heterocycles. The number of carbonyl (C=O) groups excluding carboxylic acids is 2. The largest absolute Gasteiger partial charge is 0.352 e. The molecule has 0 bridgehead atoms. The molecular weight excluding hydrogens is 310 g/mol. The standard InChI is InChI=1S/C17H23N3O2S/c1-12-2-4-14(5-3-12)16(21)19-10-13-8-15(18-9-13)17(22)20-6-7-23-11-20/h2-5,13,15,18H,6-11H2,1H3,(H,19,21). The Morgan fingerprint density at radius 3 is 2.83 bits per heavy atom. The number of hydrogen-bond donors (Lipinski definition) is 2. The molecule has 2 heterocycles. The average molecular weight is 333 g/mol. The summed E-state index contributed by atoms with van der Waals surface area (Å²) in [5, 5.41) is 6.28. The molecular formula is C17H23N3O2S. The number of hydrogen-bond acceptors (Lipinski definition) is 4. The first-order chi connectivity index (χ1) is 11.1. The third-order valence-corrected chi connectivity index (χ3v) is 5.41. The van der Waals surface area contributed by atoms with Gasteiger partial charge in [-0.05, 0) is 31.4 Å². The normalized spacial score (nSPS) is 24.0. The van der Waals surface area contributed by atoms with Crippen LogP contribution in [0.2, 0.25) is 0 Å². The Morgan fingerprint density at radius 2 is 2.13 bits per heavy atom. The van der Waals surface area contributed by atoms with E-state index in [4.69, 9.17) is 0 Å². The molecule has 6 heteroatoms. The van der Waals surface area contributed by atoms with Crippen LogP contribution in [0.25, 0.3) is 0 Å². The first-order valence-corrected chi connectivity index (χ1v) is 9.24. The van der Waals surface area contributed by atoms with Crippen molar-refractivity contribution in [3.05, 3.63) is 35.4 Å². The van der Waals surface area contributed by atoms with Crippen LogP contribution < -0.4 is 10.6 Å².